The highest BCUT2D eigenvalue weighted by Crippen LogP contribution is 2.35. The number of benzene rings is 1. The number of carboxylic acids is 1. The molecule has 1 aliphatic carbocycles. The molecular weight excluding hydrogens is 328 g/mol. The van der Waals surface area contributed by atoms with E-state index in [1.807, 2.05) is 24.3 Å². The summed E-state index contributed by atoms with van der Waals surface area (Å²) in [6, 6.07) is 7.50. The fourth-order valence-corrected chi connectivity index (χ4v) is 4.43. The lowest BCUT2D eigenvalue weighted by atomic mass is 9.93. The second-order valence-corrected chi connectivity index (χ2v) is 7.36. The first-order valence-corrected chi connectivity index (χ1v) is 9.03. The van der Waals surface area contributed by atoms with Crippen LogP contribution in [0.2, 0.25) is 0 Å². The third-order valence-electron chi connectivity index (χ3n) is 4.56. The van der Waals surface area contributed by atoms with E-state index in [9.17, 15) is 14.4 Å². The van der Waals surface area contributed by atoms with Crippen LogP contribution in [-0.4, -0.2) is 40.7 Å². The quantitative estimate of drug-likeness (QED) is 0.850. The molecule has 0 bridgehead atoms. The lowest BCUT2D eigenvalue weighted by molar-refractivity contribution is -0.139. The summed E-state index contributed by atoms with van der Waals surface area (Å²) in [5.41, 5.74) is 0.0725. The Morgan fingerprint density at radius 2 is 1.96 bits per heavy atom. The first-order chi connectivity index (χ1) is 11.5. The van der Waals surface area contributed by atoms with Crippen LogP contribution in [0.5, 0.6) is 0 Å². The Bertz CT molecular complexity index is 670. The molecular formula is C17H20N2O4S. The monoisotopic (exact) mass is 348 g/mol. The fourth-order valence-electron chi connectivity index (χ4n) is 3.49. The molecule has 1 aromatic rings. The largest absolute Gasteiger partial charge is 0.481 e. The zero-order valence-corrected chi connectivity index (χ0v) is 14.1. The zero-order valence-electron chi connectivity index (χ0n) is 13.3. The summed E-state index contributed by atoms with van der Waals surface area (Å²) in [5.74, 6) is -1.00. The van der Waals surface area contributed by atoms with Gasteiger partial charge in [0.1, 0.15) is 6.54 Å². The molecule has 1 aliphatic heterocycles. The molecule has 3 rings (SSSR count). The molecule has 0 radical (unpaired) electrons. The number of amides is 2. The van der Waals surface area contributed by atoms with E-state index >= 15 is 0 Å². The maximum atomic E-state index is 12.5. The van der Waals surface area contributed by atoms with Crippen LogP contribution in [0.15, 0.2) is 29.2 Å². The van der Waals surface area contributed by atoms with E-state index in [-0.39, 0.29) is 24.8 Å². The number of para-hydroxylation sites is 1. The minimum Gasteiger partial charge on any atom is -0.481 e. The molecule has 2 amide bonds. The molecule has 1 aromatic carbocycles. The average molecular weight is 348 g/mol. The van der Waals surface area contributed by atoms with Crippen LogP contribution in [0, 0.1) is 0 Å². The minimum absolute atomic E-state index is 0.0703. The van der Waals surface area contributed by atoms with Crippen molar-refractivity contribution in [3.8, 4) is 0 Å². The molecule has 0 spiro atoms. The first-order valence-electron chi connectivity index (χ1n) is 8.04. The molecule has 0 unspecified atom stereocenters. The van der Waals surface area contributed by atoms with Crippen molar-refractivity contribution < 1.29 is 19.5 Å². The number of carboxylic acid groups (broad SMARTS) is 1. The van der Waals surface area contributed by atoms with Gasteiger partial charge in [-0.15, -0.1) is 11.8 Å². The van der Waals surface area contributed by atoms with Crippen molar-refractivity contribution in [3.05, 3.63) is 24.3 Å². The predicted octanol–water partition coefficient (Wildman–Crippen LogP) is 2.03. The van der Waals surface area contributed by atoms with Gasteiger partial charge in [0.25, 0.3) is 0 Å². The molecule has 128 valence electrons. The number of hydrogen-bond donors (Lipinski definition) is 2. The van der Waals surface area contributed by atoms with Crippen molar-refractivity contribution in [2.75, 3.05) is 17.2 Å². The number of fused-ring (bicyclic) bond motifs is 1. The number of thioether (sulfide) groups is 1. The normalized spacial score (nSPS) is 19.0. The van der Waals surface area contributed by atoms with Gasteiger partial charge in [-0.05, 0) is 25.0 Å². The highest BCUT2D eigenvalue weighted by molar-refractivity contribution is 8.00. The van der Waals surface area contributed by atoms with E-state index in [1.165, 1.54) is 16.7 Å². The summed E-state index contributed by atoms with van der Waals surface area (Å²) in [6.45, 7) is -0.0717. The molecule has 24 heavy (non-hydrogen) atoms. The number of aliphatic carboxylic acids is 1. The maximum Gasteiger partial charge on any atom is 0.305 e. The van der Waals surface area contributed by atoms with Gasteiger partial charge in [0.05, 0.1) is 23.4 Å². The summed E-state index contributed by atoms with van der Waals surface area (Å²) in [7, 11) is 0. The molecule has 1 fully saturated rings. The fraction of sp³-hybridized carbons (Fsp3) is 0.471. The standard InChI is InChI=1S/C17H20N2O4S/c20-14(18-17(9-16(22)23)7-3-4-8-17)10-19-12-5-1-2-6-13(12)24-11-15(19)21/h1-2,5-6H,3-4,7-11H2,(H,18,20)(H,22,23). The second kappa shape index (κ2) is 6.84. The molecule has 6 nitrogen and oxygen atoms in total. The summed E-state index contributed by atoms with van der Waals surface area (Å²) in [4.78, 5) is 38.3. The van der Waals surface area contributed by atoms with Crippen LogP contribution in [0.1, 0.15) is 32.1 Å². The van der Waals surface area contributed by atoms with Gasteiger partial charge in [0, 0.05) is 4.90 Å². The molecule has 7 heteroatoms. The van der Waals surface area contributed by atoms with Gasteiger partial charge in [-0.1, -0.05) is 25.0 Å². The Morgan fingerprint density at radius 3 is 2.67 bits per heavy atom. The summed E-state index contributed by atoms with van der Waals surface area (Å²) >= 11 is 1.47. The van der Waals surface area contributed by atoms with Crippen LogP contribution < -0.4 is 10.2 Å². The molecule has 0 atom stereocenters. The van der Waals surface area contributed by atoms with Gasteiger partial charge in [-0.3, -0.25) is 14.4 Å². The summed E-state index contributed by atoms with van der Waals surface area (Å²) in [5, 5.41) is 12.0. The van der Waals surface area contributed by atoms with Crippen LogP contribution in [-0.2, 0) is 14.4 Å². The van der Waals surface area contributed by atoms with Gasteiger partial charge >= 0.3 is 5.97 Å². The van der Waals surface area contributed by atoms with Crippen molar-refractivity contribution in [1.82, 2.24) is 5.32 Å². The van der Waals surface area contributed by atoms with Crippen molar-refractivity contribution in [3.63, 3.8) is 0 Å². The van der Waals surface area contributed by atoms with E-state index < -0.39 is 11.5 Å². The lowest BCUT2D eigenvalue weighted by Crippen LogP contribution is -2.52. The molecule has 0 saturated heterocycles. The van der Waals surface area contributed by atoms with Crippen molar-refractivity contribution >= 4 is 35.2 Å². The van der Waals surface area contributed by atoms with Gasteiger partial charge < -0.3 is 15.3 Å². The smallest absolute Gasteiger partial charge is 0.305 e. The van der Waals surface area contributed by atoms with Gasteiger partial charge in [-0.2, -0.15) is 0 Å². The number of anilines is 1. The maximum absolute atomic E-state index is 12.5. The Morgan fingerprint density at radius 1 is 1.25 bits per heavy atom. The van der Waals surface area contributed by atoms with Gasteiger partial charge in [0.2, 0.25) is 11.8 Å². The summed E-state index contributed by atoms with van der Waals surface area (Å²) in [6.07, 6.45) is 3.10. The van der Waals surface area contributed by atoms with E-state index in [2.05, 4.69) is 5.32 Å². The molecule has 0 aromatic heterocycles. The Kier molecular flexibility index (Phi) is 4.80. The first kappa shape index (κ1) is 16.8. The highest BCUT2D eigenvalue weighted by atomic mass is 32.2. The topological polar surface area (TPSA) is 86.7 Å². The Hall–Kier alpha value is -2.02. The average Bonchev–Trinajstić information content (AvgIpc) is 2.97. The van der Waals surface area contributed by atoms with E-state index in [0.29, 0.717) is 18.6 Å². The van der Waals surface area contributed by atoms with E-state index in [4.69, 9.17) is 5.11 Å². The zero-order chi connectivity index (χ0) is 17.2. The predicted molar refractivity (Wildman–Crippen MR) is 91.1 cm³/mol. The van der Waals surface area contributed by atoms with Crippen molar-refractivity contribution in [1.29, 1.82) is 0 Å². The van der Waals surface area contributed by atoms with Crippen LogP contribution >= 0.6 is 11.8 Å². The Balaban J connectivity index is 1.72. The van der Waals surface area contributed by atoms with E-state index in [1.54, 1.807) is 0 Å². The van der Waals surface area contributed by atoms with Crippen molar-refractivity contribution in [2.45, 2.75) is 42.5 Å². The van der Waals surface area contributed by atoms with Gasteiger partial charge in [0.15, 0.2) is 0 Å². The third kappa shape index (κ3) is 3.56. The Labute approximate surface area is 144 Å². The summed E-state index contributed by atoms with van der Waals surface area (Å²) < 4.78 is 0. The SMILES string of the molecule is O=C(O)CC1(NC(=O)CN2C(=O)CSc3ccccc32)CCCC1. The molecule has 1 heterocycles. The third-order valence-corrected chi connectivity index (χ3v) is 5.61. The minimum atomic E-state index is -0.909. The molecule has 1 saturated carbocycles. The molecule has 2 N–H and O–H groups in total. The second-order valence-electron chi connectivity index (χ2n) is 6.34. The number of rotatable bonds is 5. The number of carbonyl (C=O) groups is 3. The van der Waals surface area contributed by atoms with Crippen molar-refractivity contribution in [2.24, 2.45) is 0 Å². The van der Waals surface area contributed by atoms with Crippen LogP contribution in [0.4, 0.5) is 5.69 Å². The van der Waals surface area contributed by atoms with E-state index in [0.717, 1.165) is 23.4 Å². The van der Waals surface area contributed by atoms with Crippen LogP contribution in [0.25, 0.3) is 0 Å². The number of nitrogens with one attached hydrogen (secondary N) is 1. The number of hydrogen-bond acceptors (Lipinski definition) is 4. The molecule has 2 aliphatic rings. The lowest BCUT2D eigenvalue weighted by Gasteiger charge is -2.32. The number of carbonyl (C=O) groups excluding carboxylic acids is 2. The van der Waals surface area contributed by atoms with Gasteiger partial charge in [-0.25, -0.2) is 0 Å². The number of nitrogens with zero attached hydrogens (tertiary/aromatic N) is 1. The van der Waals surface area contributed by atoms with Crippen LogP contribution in [0.3, 0.4) is 0 Å². The highest BCUT2D eigenvalue weighted by Gasteiger charge is 2.38.